The maximum Gasteiger partial charge on any atom is 0.265 e. The molecule has 24 heavy (non-hydrogen) atoms. The van der Waals surface area contributed by atoms with Crippen LogP contribution in [0.5, 0.6) is 0 Å². The quantitative estimate of drug-likeness (QED) is 0.920. The van der Waals surface area contributed by atoms with Gasteiger partial charge < -0.3 is 5.32 Å². The van der Waals surface area contributed by atoms with Gasteiger partial charge in [0.1, 0.15) is 11.9 Å². The Morgan fingerprint density at radius 3 is 2.54 bits per heavy atom. The number of carbonyl (C=O) groups excluding carboxylic acids is 1. The van der Waals surface area contributed by atoms with Crippen molar-refractivity contribution in [3.63, 3.8) is 0 Å². The number of nitrogens with zero attached hydrogens (tertiary/aromatic N) is 1. The van der Waals surface area contributed by atoms with Crippen molar-refractivity contribution in [3.8, 4) is 0 Å². The van der Waals surface area contributed by atoms with Gasteiger partial charge in [-0.2, -0.15) is 0 Å². The van der Waals surface area contributed by atoms with Crippen molar-refractivity contribution < 1.29 is 17.6 Å². The summed E-state index contributed by atoms with van der Waals surface area (Å²) in [6.07, 6.45) is 0.308. The third-order valence-electron chi connectivity index (χ3n) is 3.95. The number of amides is 1. The van der Waals surface area contributed by atoms with Crippen LogP contribution in [0, 0.1) is 5.82 Å². The fourth-order valence-electron chi connectivity index (χ4n) is 2.87. The monoisotopic (exact) mass is 348 g/mol. The lowest BCUT2D eigenvalue weighted by atomic mass is 10.1. The first-order valence-electron chi connectivity index (χ1n) is 7.60. The van der Waals surface area contributed by atoms with E-state index in [-0.39, 0.29) is 10.8 Å². The standard InChI is InChI=1S/C17H17FN2O3S/c1-2-19-17(21)16-11-12-5-3-4-6-15(12)20(16)24(22,23)14-9-7-13(18)8-10-14/h3-10,16H,2,11H2,1H3,(H,19,21). The molecule has 0 aliphatic carbocycles. The Kier molecular flexibility index (Phi) is 4.28. The van der Waals surface area contributed by atoms with Crippen LogP contribution in [0.25, 0.3) is 0 Å². The minimum absolute atomic E-state index is 0.0464. The third kappa shape index (κ3) is 2.75. The molecule has 2 aromatic carbocycles. The highest BCUT2D eigenvalue weighted by molar-refractivity contribution is 7.93. The van der Waals surface area contributed by atoms with Gasteiger partial charge in [-0.25, -0.2) is 12.8 Å². The minimum Gasteiger partial charge on any atom is -0.355 e. The van der Waals surface area contributed by atoms with Crippen molar-refractivity contribution in [2.75, 3.05) is 10.8 Å². The first-order chi connectivity index (χ1) is 11.4. The maximum absolute atomic E-state index is 13.1. The Balaban J connectivity index is 2.09. The summed E-state index contributed by atoms with van der Waals surface area (Å²) in [6.45, 7) is 2.19. The second-order valence-corrected chi connectivity index (χ2v) is 7.31. The molecule has 126 valence electrons. The summed E-state index contributed by atoms with van der Waals surface area (Å²) in [7, 11) is -3.98. The number of rotatable bonds is 4. The first kappa shape index (κ1) is 16.4. The molecule has 2 aromatic rings. The average Bonchev–Trinajstić information content (AvgIpc) is 2.96. The van der Waals surface area contributed by atoms with E-state index in [0.29, 0.717) is 18.7 Å². The van der Waals surface area contributed by atoms with E-state index in [1.165, 1.54) is 12.1 Å². The van der Waals surface area contributed by atoms with Gasteiger partial charge >= 0.3 is 0 Å². The SMILES string of the molecule is CCNC(=O)C1Cc2ccccc2N1S(=O)(=O)c1ccc(F)cc1. The summed E-state index contributed by atoms with van der Waals surface area (Å²) in [5.74, 6) is -0.865. The predicted octanol–water partition coefficient (Wildman–Crippen LogP) is 2.08. The molecular formula is C17H17FN2O3S. The number of carbonyl (C=O) groups is 1. The maximum atomic E-state index is 13.1. The van der Waals surface area contributed by atoms with Gasteiger partial charge in [-0.3, -0.25) is 9.10 Å². The van der Waals surface area contributed by atoms with Crippen LogP contribution in [0.3, 0.4) is 0 Å². The van der Waals surface area contributed by atoms with Crippen molar-refractivity contribution in [2.45, 2.75) is 24.3 Å². The first-order valence-corrected chi connectivity index (χ1v) is 9.04. The van der Waals surface area contributed by atoms with Gasteiger partial charge in [0.15, 0.2) is 0 Å². The van der Waals surface area contributed by atoms with Gasteiger partial charge in [-0.15, -0.1) is 0 Å². The lowest BCUT2D eigenvalue weighted by Gasteiger charge is -2.26. The second kappa shape index (κ2) is 6.24. The molecule has 0 saturated heterocycles. The molecule has 0 radical (unpaired) electrons. The van der Waals surface area contributed by atoms with Crippen molar-refractivity contribution in [2.24, 2.45) is 0 Å². The van der Waals surface area contributed by atoms with Crippen LogP contribution in [0.1, 0.15) is 12.5 Å². The molecule has 0 saturated carbocycles. The van der Waals surface area contributed by atoms with E-state index in [1.807, 2.05) is 12.1 Å². The Morgan fingerprint density at radius 2 is 1.88 bits per heavy atom. The lowest BCUT2D eigenvalue weighted by Crippen LogP contribution is -2.47. The van der Waals surface area contributed by atoms with Crippen molar-refractivity contribution in [1.82, 2.24) is 5.32 Å². The summed E-state index contributed by atoms with van der Waals surface area (Å²) in [5, 5.41) is 2.68. The summed E-state index contributed by atoms with van der Waals surface area (Å²) >= 11 is 0. The third-order valence-corrected chi connectivity index (χ3v) is 5.79. The van der Waals surface area contributed by atoms with Gasteiger partial charge in [0.2, 0.25) is 5.91 Å². The molecule has 1 unspecified atom stereocenters. The van der Waals surface area contributed by atoms with Crippen LogP contribution in [-0.4, -0.2) is 26.9 Å². The molecule has 0 aromatic heterocycles. The molecule has 0 fully saturated rings. The van der Waals surface area contributed by atoms with Gasteiger partial charge in [-0.05, 0) is 42.8 Å². The number of benzene rings is 2. The van der Waals surface area contributed by atoms with Crippen LogP contribution in [0.2, 0.25) is 0 Å². The zero-order chi connectivity index (χ0) is 17.3. The topological polar surface area (TPSA) is 66.5 Å². The molecule has 1 aliphatic rings. The molecule has 3 rings (SSSR count). The van der Waals surface area contributed by atoms with Crippen LogP contribution in [-0.2, 0) is 21.2 Å². The summed E-state index contributed by atoms with van der Waals surface area (Å²) in [5.41, 5.74) is 1.28. The highest BCUT2D eigenvalue weighted by Crippen LogP contribution is 2.36. The number of anilines is 1. The van der Waals surface area contributed by atoms with E-state index < -0.39 is 21.9 Å². The zero-order valence-corrected chi connectivity index (χ0v) is 13.9. The van der Waals surface area contributed by atoms with Crippen LogP contribution in [0.15, 0.2) is 53.4 Å². The molecular weight excluding hydrogens is 331 g/mol. The lowest BCUT2D eigenvalue weighted by molar-refractivity contribution is -0.121. The van der Waals surface area contributed by atoms with Crippen LogP contribution >= 0.6 is 0 Å². The molecule has 1 amide bonds. The molecule has 5 nitrogen and oxygen atoms in total. The summed E-state index contributed by atoms with van der Waals surface area (Å²) < 4.78 is 40.4. The number of halogens is 1. The summed E-state index contributed by atoms with van der Waals surface area (Å²) in [4.78, 5) is 12.3. The molecule has 1 heterocycles. The minimum atomic E-state index is -3.98. The Hall–Kier alpha value is -2.41. The fourth-order valence-corrected chi connectivity index (χ4v) is 4.52. The zero-order valence-electron chi connectivity index (χ0n) is 13.1. The number of sulfonamides is 1. The normalized spacial score (nSPS) is 16.8. The van der Waals surface area contributed by atoms with Crippen molar-refractivity contribution in [3.05, 3.63) is 59.9 Å². The molecule has 0 spiro atoms. The number of hydrogen-bond acceptors (Lipinski definition) is 3. The molecule has 1 aliphatic heterocycles. The Bertz CT molecular complexity index is 866. The predicted molar refractivity (Wildman–Crippen MR) is 88.7 cm³/mol. The van der Waals surface area contributed by atoms with Crippen LogP contribution in [0.4, 0.5) is 10.1 Å². The van der Waals surface area contributed by atoms with Gasteiger partial charge in [0, 0.05) is 13.0 Å². The number of para-hydroxylation sites is 1. The smallest absolute Gasteiger partial charge is 0.265 e. The molecule has 7 heteroatoms. The fraction of sp³-hybridized carbons (Fsp3) is 0.235. The van der Waals surface area contributed by atoms with E-state index in [2.05, 4.69) is 5.32 Å². The molecule has 1 N–H and O–H groups in total. The van der Waals surface area contributed by atoms with E-state index in [9.17, 15) is 17.6 Å². The van der Waals surface area contributed by atoms with E-state index in [0.717, 1.165) is 22.0 Å². The number of hydrogen-bond donors (Lipinski definition) is 1. The van der Waals surface area contributed by atoms with Gasteiger partial charge in [0.05, 0.1) is 10.6 Å². The van der Waals surface area contributed by atoms with Crippen molar-refractivity contribution >= 4 is 21.6 Å². The Labute approximate surface area is 140 Å². The Morgan fingerprint density at radius 1 is 1.21 bits per heavy atom. The second-order valence-electron chi connectivity index (χ2n) is 5.50. The highest BCUT2D eigenvalue weighted by atomic mass is 32.2. The van der Waals surface area contributed by atoms with E-state index >= 15 is 0 Å². The highest BCUT2D eigenvalue weighted by Gasteiger charge is 2.41. The van der Waals surface area contributed by atoms with E-state index in [4.69, 9.17) is 0 Å². The van der Waals surface area contributed by atoms with Gasteiger partial charge in [-0.1, -0.05) is 18.2 Å². The summed E-state index contributed by atoms with van der Waals surface area (Å²) in [6, 6.07) is 10.8. The van der Waals surface area contributed by atoms with Crippen molar-refractivity contribution in [1.29, 1.82) is 0 Å². The van der Waals surface area contributed by atoms with Crippen LogP contribution < -0.4 is 9.62 Å². The number of nitrogens with one attached hydrogen (secondary N) is 1. The largest absolute Gasteiger partial charge is 0.355 e. The average molecular weight is 348 g/mol. The van der Waals surface area contributed by atoms with E-state index in [1.54, 1.807) is 19.1 Å². The number of likely N-dealkylation sites (N-methyl/N-ethyl adjacent to an activating group) is 1. The molecule has 1 atom stereocenters. The number of fused-ring (bicyclic) bond motifs is 1. The van der Waals surface area contributed by atoms with Gasteiger partial charge in [0.25, 0.3) is 10.0 Å². The molecule has 0 bridgehead atoms.